The number of rotatable bonds is 6. The van der Waals surface area contributed by atoms with E-state index in [0.717, 1.165) is 38.2 Å². The molecule has 0 spiro atoms. The van der Waals surface area contributed by atoms with Crippen LogP contribution in [0.3, 0.4) is 0 Å². The van der Waals surface area contributed by atoms with Gasteiger partial charge in [-0.25, -0.2) is 4.39 Å². The lowest BCUT2D eigenvalue weighted by atomic mass is 10.1. The van der Waals surface area contributed by atoms with Gasteiger partial charge in [-0.2, -0.15) is 0 Å². The first kappa shape index (κ1) is 14.4. The highest BCUT2D eigenvalue weighted by Gasteiger charge is 2.25. The highest BCUT2D eigenvalue weighted by atomic mass is 19.1. The Balaban J connectivity index is 2.03. The van der Waals surface area contributed by atoms with Gasteiger partial charge in [-0.3, -0.25) is 4.90 Å². The summed E-state index contributed by atoms with van der Waals surface area (Å²) in [6, 6.07) is 7.07. The van der Waals surface area contributed by atoms with E-state index >= 15 is 0 Å². The minimum atomic E-state index is -0.129. The van der Waals surface area contributed by atoms with Gasteiger partial charge in [-0.1, -0.05) is 25.1 Å². The lowest BCUT2D eigenvalue weighted by Gasteiger charge is -2.25. The van der Waals surface area contributed by atoms with E-state index in [4.69, 9.17) is 4.74 Å². The van der Waals surface area contributed by atoms with Crippen molar-refractivity contribution in [3.63, 3.8) is 0 Å². The molecule has 1 aromatic rings. The maximum Gasteiger partial charge on any atom is 0.128 e. The fraction of sp³-hybridized carbons (Fsp3) is 0.600. The quantitative estimate of drug-likeness (QED) is 0.854. The van der Waals surface area contributed by atoms with Crippen LogP contribution in [0.25, 0.3) is 0 Å². The Hall–Kier alpha value is -0.970. The molecule has 2 atom stereocenters. The van der Waals surface area contributed by atoms with E-state index in [9.17, 15) is 4.39 Å². The zero-order valence-electron chi connectivity index (χ0n) is 11.7. The minimum Gasteiger partial charge on any atom is -0.380 e. The first-order chi connectivity index (χ1) is 9.24. The third-order valence-electron chi connectivity index (χ3n) is 3.73. The summed E-state index contributed by atoms with van der Waals surface area (Å²) in [5.41, 5.74) is 0.755. The molecule has 2 unspecified atom stereocenters. The van der Waals surface area contributed by atoms with E-state index in [-0.39, 0.29) is 11.9 Å². The third-order valence-corrected chi connectivity index (χ3v) is 3.73. The van der Waals surface area contributed by atoms with E-state index in [1.54, 1.807) is 13.2 Å². The van der Waals surface area contributed by atoms with Crippen molar-refractivity contribution in [1.82, 2.24) is 10.2 Å². The highest BCUT2D eigenvalue weighted by Crippen LogP contribution is 2.21. The molecule has 1 N–H and O–H groups in total. The summed E-state index contributed by atoms with van der Waals surface area (Å²) >= 11 is 0. The van der Waals surface area contributed by atoms with Crippen molar-refractivity contribution in [2.75, 3.05) is 33.3 Å². The van der Waals surface area contributed by atoms with Gasteiger partial charge >= 0.3 is 0 Å². The highest BCUT2D eigenvalue weighted by molar-refractivity contribution is 5.21. The van der Waals surface area contributed by atoms with Crippen LogP contribution in [0.1, 0.15) is 24.9 Å². The molecule has 0 bridgehead atoms. The van der Waals surface area contributed by atoms with Crippen molar-refractivity contribution in [2.45, 2.75) is 25.5 Å². The van der Waals surface area contributed by atoms with E-state index in [1.165, 1.54) is 6.07 Å². The van der Waals surface area contributed by atoms with Gasteiger partial charge in [0.05, 0.1) is 6.10 Å². The first-order valence-corrected chi connectivity index (χ1v) is 6.97. The lowest BCUT2D eigenvalue weighted by Crippen LogP contribution is -2.35. The van der Waals surface area contributed by atoms with Gasteiger partial charge in [0, 0.05) is 38.3 Å². The summed E-state index contributed by atoms with van der Waals surface area (Å²) in [5.74, 6) is -0.129. The normalized spacial score (nSPS) is 21.7. The maximum atomic E-state index is 13.9. The number of methoxy groups -OCH3 is 1. The molecule has 106 valence electrons. The average Bonchev–Trinajstić information content (AvgIpc) is 2.87. The molecular weight excluding hydrogens is 243 g/mol. The number of likely N-dealkylation sites (N-methyl/N-ethyl adjacent to an activating group) is 1. The number of likely N-dealkylation sites (tertiary alicyclic amines) is 1. The van der Waals surface area contributed by atoms with Gasteiger partial charge in [0.1, 0.15) is 5.82 Å². The molecule has 0 amide bonds. The van der Waals surface area contributed by atoms with Crippen LogP contribution in [-0.2, 0) is 4.74 Å². The molecule has 1 aliphatic heterocycles. The van der Waals surface area contributed by atoms with E-state index < -0.39 is 0 Å². The van der Waals surface area contributed by atoms with Crippen molar-refractivity contribution in [2.24, 2.45) is 0 Å². The van der Waals surface area contributed by atoms with Crippen LogP contribution >= 0.6 is 0 Å². The van der Waals surface area contributed by atoms with Crippen LogP contribution < -0.4 is 5.32 Å². The summed E-state index contributed by atoms with van der Waals surface area (Å²) < 4.78 is 19.3. The Kier molecular flexibility index (Phi) is 5.31. The predicted molar refractivity (Wildman–Crippen MR) is 74.7 cm³/mol. The van der Waals surface area contributed by atoms with Gasteiger partial charge in [0.2, 0.25) is 0 Å². The second-order valence-electron chi connectivity index (χ2n) is 5.04. The van der Waals surface area contributed by atoms with Crippen molar-refractivity contribution >= 4 is 0 Å². The molecule has 0 saturated carbocycles. The predicted octanol–water partition coefficient (Wildman–Crippen LogP) is 2.20. The van der Waals surface area contributed by atoms with Crippen molar-refractivity contribution in [3.05, 3.63) is 35.6 Å². The molecule has 2 rings (SSSR count). The zero-order chi connectivity index (χ0) is 13.7. The van der Waals surface area contributed by atoms with E-state index in [2.05, 4.69) is 17.1 Å². The summed E-state index contributed by atoms with van der Waals surface area (Å²) in [6.45, 7) is 5.67. The fourth-order valence-corrected chi connectivity index (χ4v) is 2.69. The third kappa shape index (κ3) is 3.75. The topological polar surface area (TPSA) is 24.5 Å². The molecule has 1 fully saturated rings. The smallest absolute Gasteiger partial charge is 0.128 e. The lowest BCUT2D eigenvalue weighted by molar-refractivity contribution is 0.106. The Morgan fingerprint density at radius 2 is 2.26 bits per heavy atom. The molecule has 4 heteroatoms. The summed E-state index contributed by atoms with van der Waals surface area (Å²) in [5, 5.41) is 3.38. The average molecular weight is 266 g/mol. The molecule has 1 saturated heterocycles. The second kappa shape index (κ2) is 6.98. The van der Waals surface area contributed by atoms with Gasteiger partial charge in [-0.15, -0.1) is 0 Å². The summed E-state index contributed by atoms with van der Waals surface area (Å²) in [7, 11) is 1.76. The molecule has 19 heavy (non-hydrogen) atoms. The molecule has 3 nitrogen and oxygen atoms in total. The molecular formula is C15H23FN2O. The Morgan fingerprint density at radius 3 is 2.89 bits per heavy atom. The first-order valence-electron chi connectivity index (χ1n) is 6.97. The van der Waals surface area contributed by atoms with Crippen LogP contribution in [0.5, 0.6) is 0 Å². The van der Waals surface area contributed by atoms with Crippen molar-refractivity contribution < 1.29 is 9.13 Å². The second-order valence-corrected chi connectivity index (χ2v) is 5.04. The van der Waals surface area contributed by atoms with Crippen LogP contribution in [0.4, 0.5) is 4.39 Å². The van der Waals surface area contributed by atoms with Crippen LogP contribution in [-0.4, -0.2) is 44.3 Å². The summed E-state index contributed by atoms with van der Waals surface area (Å²) in [4.78, 5) is 2.34. The number of benzene rings is 1. The molecule has 0 aliphatic carbocycles. The van der Waals surface area contributed by atoms with E-state index in [1.807, 2.05) is 12.1 Å². The Labute approximate surface area is 114 Å². The molecule has 1 aliphatic rings. The summed E-state index contributed by atoms with van der Waals surface area (Å²) in [6.07, 6.45) is 1.38. The number of halogens is 1. The molecule has 1 aromatic carbocycles. The van der Waals surface area contributed by atoms with Gasteiger partial charge in [0.25, 0.3) is 0 Å². The van der Waals surface area contributed by atoms with Crippen LogP contribution in [0.15, 0.2) is 24.3 Å². The van der Waals surface area contributed by atoms with E-state index in [0.29, 0.717) is 6.10 Å². The number of nitrogens with one attached hydrogen (secondary N) is 1. The number of nitrogens with zero attached hydrogens (tertiary/aromatic N) is 1. The molecule has 0 radical (unpaired) electrons. The zero-order valence-corrected chi connectivity index (χ0v) is 11.7. The number of hydrogen-bond acceptors (Lipinski definition) is 3. The Morgan fingerprint density at radius 1 is 1.47 bits per heavy atom. The van der Waals surface area contributed by atoms with Gasteiger partial charge in [0.15, 0.2) is 0 Å². The Bertz CT molecular complexity index is 399. The van der Waals surface area contributed by atoms with Crippen LogP contribution in [0.2, 0.25) is 0 Å². The fourth-order valence-electron chi connectivity index (χ4n) is 2.69. The largest absolute Gasteiger partial charge is 0.380 e. The van der Waals surface area contributed by atoms with Gasteiger partial charge in [-0.05, 0) is 19.0 Å². The SMILES string of the molecule is CCNC(CN1CCC(OC)C1)c1ccccc1F. The molecule has 1 heterocycles. The standard InChI is InChI=1S/C15H23FN2O/c1-3-17-15(13-6-4-5-7-14(13)16)11-18-9-8-12(10-18)19-2/h4-7,12,15,17H,3,8-11H2,1-2H3. The van der Waals surface area contributed by atoms with Gasteiger partial charge < -0.3 is 10.1 Å². The minimum absolute atomic E-state index is 0.0433. The van der Waals surface area contributed by atoms with Crippen LogP contribution in [0, 0.1) is 5.82 Å². The number of hydrogen-bond donors (Lipinski definition) is 1. The van der Waals surface area contributed by atoms with Crippen molar-refractivity contribution in [3.8, 4) is 0 Å². The number of ether oxygens (including phenoxy) is 1. The maximum absolute atomic E-state index is 13.9. The molecule has 0 aromatic heterocycles. The van der Waals surface area contributed by atoms with Crippen molar-refractivity contribution in [1.29, 1.82) is 0 Å². The monoisotopic (exact) mass is 266 g/mol.